The molecule has 0 fully saturated rings. The van der Waals surface area contributed by atoms with Crippen LogP contribution in [0.3, 0.4) is 0 Å². The highest BCUT2D eigenvalue weighted by molar-refractivity contribution is 7.20. The van der Waals surface area contributed by atoms with Crippen LogP contribution in [0.4, 0.5) is 5.82 Å². The first-order valence-corrected chi connectivity index (χ1v) is 7.98. The summed E-state index contributed by atoms with van der Waals surface area (Å²) in [5, 5.41) is 12.1. The molecule has 0 amide bonds. The van der Waals surface area contributed by atoms with Gasteiger partial charge in [0.1, 0.15) is 21.9 Å². The standard InChI is InChI=1S/C14H13N3O2S2/c1-8-10-12(17(2)6-9-4-3-5-20-9)15-7-16-13(10)21-11(8)14(18)19/h3-5,7H,6H2,1-2H3,(H,18,19). The Morgan fingerprint density at radius 2 is 2.24 bits per heavy atom. The van der Waals surface area contributed by atoms with Gasteiger partial charge < -0.3 is 10.0 Å². The number of carboxylic acids is 1. The Hall–Kier alpha value is -1.99. The molecule has 3 rings (SSSR count). The first kappa shape index (κ1) is 14.0. The molecule has 0 aliphatic heterocycles. The second-order valence-electron chi connectivity index (χ2n) is 4.67. The van der Waals surface area contributed by atoms with E-state index in [1.165, 1.54) is 22.5 Å². The highest BCUT2D eigenvalue weighted by atomic mass is 32.1. The molecule has 3 heterocycles. The van der Waals surface area contributed by atoms with Crippen LogP contribution in [0.25, 0.3) is 10.2 Å². The molecule has 1 N–H and O–H groups in total. The molecule has 0 aromatic carbocycles. The van der Waals surface area contributed by atoms with E-state index >= 15 is 0 Å². The van der Waals surface area contributed by atoms with Crippen molar-refractivity contribution >= 4 is 44.7 Å². The van der Waals surface area contributed by atoms with Gasteiger partial charge in [-0.25, -0.2) is 14.8 Å². The van der Waals surface area contributed by atoms with Gasteiger partial charge >= 0.3 is 5.97 Å². The predicted octanol–water partition coefficient (Wildman–Crippen LogP) is 3.40. The number of anilines is 1. The Kier molecular flexibility index (Phi) is 3.60. The fraction of sp³-hybridized carbons (Fsp3) is 0.214. The maximum atomic E-state index is 11.3. The van der Waals surface area contributed by atoms with Gasteiger partial charge in [-0.1, -0.05) is 6.07 Å². The molecule has 0 saturated carbocycles. The summed E-state index contributed by atoms with van der Waals surface area (Å²) in [7, 11) is 1.96. The number of nitrogens with zero attached hydrogens (tertiary/aromatic N) is 3. The molecule has 3 aromatic heterocycles. The molecular formula is C14H13N3O2S2. The molecule has 0 atom stereocenters. The number of carbonyl (C=O) groups is 1. The van der Waals surface area contributed by atoms with Gasteiger partial charge in [-0.15, -0.1) is 22.7 Å². The van der Waals surface area contributed by atoms with Crippen LogP contribution in [-0.2, 0) is 6.54 Å². The minimum atomic E-state index is -0.914. The highest BCUT2D eigenvalue weighted by Crippen LogP contribution is 2.34. The first-order valence-electron chi connectivity index (χ1n) is 6.29. The zero-order valence-corrected chi connectivity index (χ0v) is 13.2. The van der Waals surface area contributed by atoms with Crippen molar-refractivity contribution in [2.75, 3.05) is 11.9 Å². The van der Waals surface area contributed by atoms with Gasteiger partial charge in [0.2, 0.25) is 0 Å². The molecule has 7 heteroatoms. The SMILES string of the molecule is Cc1c(C(=O)O)sc2ncnc(N(C)Cc3cccs3)c12. The Labute approximate surface area is 129 Å². The summed E-state index contributed by atoms with van der Waals surface area (Å²) in [5.41, 5.74) is 0.733. The topological polar surface area (TPSA) is 66.3 Å². The third-order valence-corrected chi connectivity index (χ3v) is 5.28. The highest BCUT2D eigenvalue weighted by Gasteiger charge is 2.20. The average Bonchev–Trinajstić information content (AvgIpc) is 3.07. The van der Waals surface area contributed by atoms with E-state index in [4.69, 9.17) is 0 Å². The lowest BCUT2D eigenvalue weighted by molar-refractivity contribution is 0.0701. The van der Waals surface area contributed by atoms with Crippen LogP contribution in [0.2, 0.25) is 0 Å². The molecule has 3 aromatic rings. The van der Waals surface area contributed by atoms with E-state index in [1.54, 1.807) is 11.3 Å². The summed E-state index contributed by atoms with van der Waals surface area (Å²) in [6.45, 7) is 2.55. The number of hydrogen-bond donors (Lipinski definition) is 1. The summed E-state index contributed by atoms with van der Waals surface area (Å²) in [4.78, 5) is 24.1. The van der Waals surface area contributed by atoms with Crippen molar-refractivity contribution in [2.45, 2.75) is 13.5 Å². The Morgan fingerprint density at radius 3 is 2.90 bits per heavy atom. The van der Waals surface area contributed by atoms with Gasteiger partial charge in [0.15, 0.2) is 0 Å². The minimum absolute atomic E-state index is 0.330. The molecule has 0 bridgehead atoms. The fourth-order valence-corrected chi connectivity index (χ4v) is 4.00. The van der Waals surface area contributed by atoms with E-state index < -0.39 is 5.97 Å². The molecule has 0 spiro atoms. The third-order valence-electron chi connectivity index (χ3n) is 3.24. The smallest absolute Gasteiger partial charge is 0.346 e. The van der Waals surface area contributed by atoms with E-state index in [0.29, 0.717) is 9.71 Å². The van der Waals surface area contributed by atoms with Gasteiger partial charge in [-0.2, -0.15) is 0 Å². The van der Waals surface area contributed by atoms with Crippen LogP contribution in [0.5, 0.6) is 0 Å². The van der Waals surface area contributed by atoms with Crippen molar-refractivity contribution in [3.63, 3.8) is 0 Å². The van der Waals surface area contributed by atoms with Crippen molar-refractivity contribution < 1.29 is 9.90 Å². The summed E-state index contributed by atoms with van der Waals surface area (Å²) >= 11 is 2.89. The van der Waals surface area contributed by atoms with Crippen LogP contribution < -0.4 is 4.90 Å². The molecule has 0 saturated heterocycles. The summed E-state index contributed by atoms with van der Waals surface area (Å²) in [6, 6.07) is 4.09. The van der Waals surface area contributed by atoms with Crippen LogP contribution in [0, 0.1) is 6.92 Å². The van der Waals surface area contributed by atoms with E-state index in [2.05, 4.69) is 16.0 Å². The molecule has 0 aliphatic carbocycles. The van der Waals surface area contributed by atoms with Gasteiger partial charge in [-0.05, 0) is 23.9 Å². The number of hydrogen-bond acceptors (Lipinski definition) is 6. The lowest BCUT2D eigenvalue weighted by atomic mass is 10.2. The van der Waals surface area contributed by atoms with E-state index in [-0.39, 0.29) is 0 Å². The number of thiophene rings is 2. The van der Waals surface area contributed by atoms with Gasteiger partial charge in [0.25, 0.3) is 0 Å². The van der Waals surface area contributed by atoms with Crippen LogP contribution in [-0.4, -0.2) is 28.1 Å². The maximum Gasteiger partial charge on any atom is 0.346 e. The molecule has 108 valence electrons. The number of carboxylic acid groups (broad SMARTS) is 1. The van der Waals surface area contributed by atoms with Crippen molar-refractivity contribution in [3.8, 4) is 0 Å². The van der Waals surface area contributed by atoms with E-state index in [1.807, 2.05) is 30.3 Å². The first-order chi connectivity index (χ1) is 10.1. The summed E-state index contributed by atoms with van der Waals surface area (Å²) < 4.78 is 0. The molecular weight excluding hydrogens is 306 g/mol. The fourth-order valence-electron chi connectivity index (χ4n) is 2.26. The molecule has 0 radical (unpaired) electrons. The molecule has 0 unspecified atom stereocenters. The average molecular weight is 319 g/mol. The summed E-state index contributed by atoms with van der Waals surface area (Å²) in [6.07, 6.45) is 1.49. The van der Waals surface area contributed by atoms with Gasteiger partial charge in [0.05, 0.1) is 11.9 Å². The normalized spacial score (nSPS) is 11.0. The number of aromatic nitrogens is 2. The minimum Gasteiger partial charge on any atom is -0.477 e. The third kappa shape index (κ3) is 2.50. The number of rotatable bonds is 4. The Bertz CT molecular complexity index is 796. The van der Waals surface area contributed by atoms with Crippen molar-refractivity contribution in [3.05, 3.63) is 39.2 Å². The number of fused-ring (bicyclic) bond motifs is 1. The van der Waals surface area contributed by atoms with Crippen LogP contribution in [0.15, 0.2) is 23.8 Å². The second-order valence-corrected chi connectivity index (χ2v) is 6.71. The molecule has 0 aliphatic rings. The van der Waals surface area contributed by atoms with Crippen LogP contribution >= 0.6 is 22.7 Å². The zero-order valence-electron chi connectivity index (χ0n) is 11.5. The van der Waals surface area contributed by atoms with Crippen LogP contribution in [0.1, 0.15) is 20.1 Å². The summed E-state index contributed by atoms with van der Waals surface area (Å²) in [5.74, 6) is -0.142. The number of aryl methyl sites for hydroxylation is 1. The predicted molar refractivity (Wildman–Crippen MR) is 85.5 cm³/mol. The van der Waals surface area contributed by atoms with Crippen molar-refractivity contribution in [1.29, 1.82) is 0 Å². The maximum absolute atomic E-state index is 11.3. The van der Waals surface area contributed by atoms with E-state index in [0.717, 1.165) is 23.3 Å². The van der Waals surface area contributed by atoms with Crippen molar-refractivity contribution in [1.82, 2.24) is 9.97 Å². The largest absolute Gasteiger partial charge is 0.477 e. The lowest BCUT2D eigenvalue weighted by Crippen LogP contribution is -2.17. The van der Waals surface area contributed by atoms with Gasteiger partial charge in [-0.3, -0.25) is 0 Å². The number of aromatic carboxylic acids is 1. The van der Waals surface area contributed by atoms with Gasteiger partial charge in [0, 0.05) is 11.9 Å². The van der Waals surface area contributed by atoms with Crippen molar-refractivity contribution in [2.24, 2.45) is 0 Å². The lowest BCUT2D eigenvalue weighted by Gasteiger charge is -2.18. The van der Waals surface area contributed by atoms with E-state index in [9.17, 15) is 9.90 Å². The Morgan fingerprint density at radius 1 is 1.43 bits per heavy atom. The molecule has 5 nitrogen and oxygen atoms in total. The zero-order chi connectivity index (χ0) is 15.0. The molecule has 21 heavy (non-hydrogen) atoms. The monoisotopic (exact) mass is 319 g/mol. The quantitative estimate of drug-likeness (QED) is 0.798. The second kappa shape index (κ2) is 5.42. The Balaban J connectivity index is 2.07.